The van der Waals surface area contributed by atoms with Crippen molar-refractivity contribution in [3.05, 3.63) is 59.4 Å². The molecular formula is C16H15FO2S. The summed E-state index contributed by atoms with van der Waals surface area (Å²) in [4.78, 5) is 13.1. The van der Waals surface area contributed by atoms with Crippen LogP contribution in [0.5, 0.6) is 0 Å². The fraction of sp³-hybridized carbons (Fsp3) is 0.188. The number of hydrogen-bond donors (Lipinski definition) is 0. The van der Waals surface area contributed by atoms with Crippen molar-refractivity contribution in [1.82, 2.24) is 0 Å². The molecule has 0 radical (unpaired) electrons. The molecule has 2 aromatic carbocycles. The second kappa shape index (κ2) is 6.57. The average molecular weight is 290 g/mol. The van der Waals surface area contributed by atoms with Gasteiger partial charge in [0.05, 0.1) is 12.7 Å². The quantitative estimate of drug-likeness (QED) is 0.784. The maximum absolute atomic E-state index is 13.8. The average Bonchev–Trinajstić information content (AvgIpc) is 2.47. The summed E-state index contributed by atoms with van der Waals surface area (Å²) in [5.41, 5.74) is 1.22. The van der Waals surface area contributed by atoms with E-state index in [1.54, 1.807) is 6.07 Å². The summed E-state index contributed by atoms with van der Waals surface area (Å²) in [6.07, 6.45) is 0.993. The molecule has 0 atom stereocenters. The summed E-state index contributed by atoms with van der Waals surface area (Å²) < 4.78 is 18.3. The van der Waals surface area contributed by atoms with Crippen LogP contribution < -0.4 is 0 Å². The minimum Gasteiger partial charge on any atom is -0.465 e. The Bertz CT molecular complexity index is 608. The predicted octanol–water partition coefficient (Wildman–Crippen LogP) is 4.33. The Morgan fingerprint density at radius 3 is 2.35 bits per heavy atom. The molecule has 2 aromatic rings. The van der Waals surface area contributed by atoms with Gasteiger partial charge in [-0.15, -0.1) is 0 Å². The van der Waals surface area contributed by atoms with E-state index in [1.165, 1.54) is 36.6 Å². The van der Waals surface area contributed by atoms with Crippen LogP contribution in [0.15, 0.2) is 52.3 Å². The van der Waals surface area contributed by atoms with Crippen molar-refractivity contribution in [1.29, 1.82) is 0 Å². The summed E-state index contributed by atoms with van der Waals surface area (Å²) in [6.45, 7) is 2.10. The SMILES string of the molecule is CCc1ccc(Sc2ccc(C(=O)OC)c(F)c2)cc1. The number of carbonyl (C=O) groups excluding carboxylic acids is 1. The number of ether oxygens (including phenoxy) is 1. The number of methoxy groups -OCH3 is 1. The molecule has 0 heterocycles. The molecule has 0 bridgehead atoms. The Hall–Kier alpha value is -1.81. The second-order valence-corrected chi connectivity index (χ2v) is 5.38. The molecule has 0 amide bonds. The number of halogens is 1. The predicted molar refractivity (Wildman–Crippen MR) is 77.7 cm³/mol. The third kappa shape index (κ3) is 3.39. The van der Waals surface area contributed by atoms with Crippen LogP contribution in [0.4, 0.5) is 4.39 Å². The van der Waals surface area contributed by atoms with Crippen molar-refractivity contribution in [3.63, 3.8) is 0 Å². The lowest BCUT2D eigenvalue weighted by atomic mass is 10.2. The van der Waals surface area contributed by atoms with Crippen molar-refractivity contribution < 1.29 is 13.9 Å². The van der Waals surface area contributed by atoms with Crippen molar-refractivity contribution >= 4 is 17.7 Å². The van der Waals surface area contributed by atoms with Gasteiger partial charge < -0.3 is 4.74 Å². The number of rotatable bonds is 4. The van der Waals surface area contributed by atoms with Gasteiger partial charge in [-0.25, -0.2) is 9.18 Å². The van der Waals surface area contributed by atoms with E-state index in [1.807, 2.05) is 12.1 Å². The Balaban J connectivity index is 2.17. The van der Waals surface area contributed by atoms with Crippen LogP contribution in [0.1, 0.15) is 22.8 Å². The van der Waals surface area contributed by atoms with Crippen LogP contribution in [0.3, 0.4) is 0 Å². The van der Waals surface area contributed by atoms with Crippen molar-refractivity contribution in [2.75, 3.05) is 7.11 Å². The minimum atomic E-state index is -0.661. The Labute approximate surface area is 122 Å². The van der Waals surface area contributed by atoms with Crippen LogP contribution >= 0.6 is 11.8 Å². The fourth-order valence-electron chi connectivity index (χ4n) is 1.76. The first kappa shape index (κ1) is 14.6. The molecule has 0 N–H and O–H groups in total. The topological polar surface area (TPSA) is 26.3 Å². The molecular weight excluding hydrogens is 275 g/mol. The monoisotopic (exact) mass is 290 g/mol. The van der Waals surface area contributed by atoms with Crippen LogP contribution in [0.25, 0.3) is 0 Å². The van der Waals surface area contributed by atoms with Crippen LogP contribution in [0, 0.1) is 5.82 Å². The summed E-state index contributed by atoms with van der Waals surface area (Å²) in [5, 5.41) is 0. The minimum absolute atomic E-state index is 0.0434. The second-order valence-electron chi connectivity index (χ2n) is 4.23. The molecule has 0 aromatic heterocycles. The van der Waals surface area contributed by atoms with Gasteiger partial charge in [-0.05, 0) is 42.3 Å². The molecule has 0 spiro atoms. The third-order valence-electron chi connectivity index (χ3n) is 2.91. The van der Waals surface area contributed by atoms with E-state index in [0.717, 1.165) is 16.2 Å². The lowest BCUT2D eigenvalue weighted by molar-refractivity contribution is 0.0595. The van der Waals surface area contributed by atoms with Crippen molar-refractivity contribution in [2.24, 2.45) is 0 Å². The van der Waals surface area contributed by atoms with Gasteiger partial charge in [0, 0.05) is 9.79 Å². The number of benzene rings is 2. The summed E-state index contributed by atoms with van der Waals surface area (Å²) >= 11 is 1.46. The molecule has 0 aliphatic carbocycles. The zero-order chi connectivity index (χ0) is 14.5. The van der Waals surface area contributed by atoms with Gasteiger partial charge in [0.2, 0.25) is 0 Å². The number of carbonyl (C=O) groups is 1. The van der Waals surface area contributed by atoms with Gasteiger partial charge in [0.25, 0.3) is 0 Å². The molecule has 2 nitrogen and oxygen atoms in total. The van der Waals surface area contributed by atoms with E-state index >= 15 is 0 Å². The first-order valence-corrected chi connectivity index (χ1v) is 7.10. The van der Waals surface area contributed by atoms with E-state index in [0.29, 0.717) is 0 Å². The molecule has 20 heavy (non-hydrogen) atoms. The zero-order valence-electron chi connectivity index (χ0n) is 11.4. The molecule has 0 saturated heterocycles. The lowest BCUT2D eigenvalue weighted by Crippen LogP contribution is -2.04. The first-order chi connectivity index (χ1) is 9.63. The fourth-order valence-corrected chi connectivity index (χ4v) is 2.61. The largest absolute Gasteiger partial charge is 0.465 e. The van der Waals surface area contributed by atoms with E-state index in [-0.39, 0.29) is 5.56 Å². The van der Waals surface area contributed by atoms with Gasteiger partial charge in [-0.2, -0.15) is 0 Å². The molecule has 0 aliphatic rings. The van der Waals surface area contributed by atoms with Crippen LogP contribution in [0.2, 0.25) is 0 Å². The molecule has 0 saturated carbocycles. The van der Waals surface area contributed by atoms with E-state index in [9.17, 15) is 9.18 Å². The standard InChI is InChI=1S/C16H15FO2S/c1-3-11-4-6-12(7-5-11)20-13-8-9-14(15(17)10-13)16(18)19-2/h4-10H,3H2,1-2H3. The molecule has 2 rings (SSSR count). The molecule has 0 unspecified atom stereocenters. The van der Waals surface area contributed by atoms with Crippen LogP contribution in [-0.4, -0.2) is 13.1 Å². The van der Waals surface area contributed by atoms with Gasteiger partial charge in [0.1, 0.15) is 5.82 Å². The summed E-state index contributed by atoms with van der Waals surface area (Å²) in [5.74, 6) is -1.22. The zero-order valence-corrected chi connectivity index (χ0v) is 12.2. The third-order valence-corrected chi connectivity index (χ3v) is 3.91. The molecule has 104 valence electrons. The highest BCUT2D eigenvalue weighted by Gasteiger charge is 2.12. The summed E-state index contributed by atoms with van der Waals surface area (Å²) in [6, 6.07) is 12.6. The van der Waals surface area contributed by atoms with Gasteiger partial charge >= 0.3 is 5.97 Å². The van der Waals surface area contributed by atoms with E-state index in [4.69, 9.17) is 0 Å². The molecule has 4 heteroatoms. The molecule has 0 aliphatic heterocycles. The van der Waals surface area contributed by atoms with Crippen LogP contribution in [-0.2, 0) is 11.2 Å². The van der Waals surface area contributed by atoms with Gasteiger partial charge in [0.15, 0.2) is 0 Å². The van der Waals surface area contributed by atoms with E-state index in [2.05, 4.69) is 23.8 Å². The Morgan fingerprint density at radius 2 is 1.80 bits per heavy atom. The maximum atomic E-state index is 13.8. The maximum Gasteiger partial charge on any atom is 0.340 e. The number of aryl methyl sites for hydroxylation is 1. The van der Waals surface area contributed by atoms with Crippen molar-refractivity contribution in [2.45, 2.75) is 23.1 Å². The smallest absolute Gasteiger partial charge is 0.340 e. The number of esters is 1. The van der Waals surface area contributed by atoms with E-state index < -0.39 is 11.8 Å². The Morgan fingerprint density at radius 1 is 1.15 bits per heavy atom. The Kier molecular flexibility index (Phi) is 4.79. The highest BCUT2D eigenvalue weighted by molar-refractivity contribution is 7.99. The highest BCUT2D eigenvalue weighted by atomic mass is 32.2. The highest BCUT2D eigenvalue weighted by Crippen LogP contribution is 2.29. The van der Waals surface area contributed by atoms with Gasteiger partial charge in [-0.3, -0.25) is 0 Å². The first-order valence-electron chi connectivity index (χ1n) is 6.28. The van der Waals surface area contributed by atoms with Gasteiger partial charge in [-0.1, -0.05) is 30.8 Å². The summed E-state index contributed by atoms with van der Waals surface area (Å²) in [7, 11) is 1.24. The van der Waals surface area contributed by atoms with Crippen molar-refractivity contribution in [3.8, 4) is 0 Å². The molecule has 0 fully saturated rings. The normalized spacial score (nSPS) is 10.3. The lowest BCUT2D eigenvalue weighted by Gasteiger charge is -2.05. The number of hydrogen-bond acceptors (Lipinski definition) is 3.